The highest BCUT2D eigenvalue weighted by atomic mass is 31.2. The van der Waals surface area contributed by atoms with Crippen LogP contribution in [0.5, 0.6) is 0 Å². The first-order chi connectivity index (χ1) is 20.9. The van der Waals surface area contributed by atoms with Crippen molar-refractivity contribution >= 4 is 19.8 Å². The van der Waals surface area contributed by atoms with Gasteiger partial charge in [0.2, 0.25) is 0 Å². The fourth-order valence-corrected chi connectivity index (χ4v) is 5.44. The first kappa shape index (κ1) is 43.0. The van der Waals surface area contributed by atoms with Crippen molar-refractivity contribution in [3.63, 3.8) is 0 Å². The van der Waals surface area contributed by atoms with Crippen LogP contribution in [0, 0.1) is 11.8 Å². The molecule has 0 saturated heterocycles. The van der Waals surface area contributed by atoms with E-state index < -0.39 is 51.8 Å². The minimum absolute atomic E-state index is 0.187. The maximum atomic E-state index is 12.5. The molecule has 44 heavy (non-hydrogen) atoms. The van der Waals surface area contributed by atoms with E-state index in [2.05, 4.69) is 32.2 Å². The SMILES string of the molecule is CC(C)CCCCCCCCCCC(=O)O[C@H](COC(=O)CCCCCCCCCC(C)C)COP(=O)(O)OC[C@@H](O)CO. The third-order valence-corrected chi connectivity index (χ3v) is 8.32. The summed E-state index contributed by atoms with van der Waals surface area (Å²) in [6, 6.07) is 0. The van der Waals surface area contributed by atoms with Crippen molar-refractivity contribution in [1.29, 1.82) is 0 Å². The molecule has 0 amide bonds. The molecule has 11 heteroatoms. The minimum atomic E-state index is -4.60. The Labute approximate surface area is 267 Å². The number of rotatable bonds is 31. The van der Waals surface area contributed by atoms with E-state index in [1.807, 2.05) is 0 Å². The number of aliphatic hydroxyl groups is 2. The molecule has 0 aromatic rings. The number of ether oxygens (including phenoxy) is 2. The van der Waals surface area contributed by atoms with E-state index >= 15 is 0 Å². The van der Waals surface area contributed by atoms with Crippen molar-refractivity contribution in [2.75, 3.05) is 26.4 Å². The number of unbranched alkanes of at least 4 members (excludes halogenated alkanes) is 13. The predicted molar refractivity (Wildman–Crippen MR) is 173 cm³/mol. The Balaban J connectivity index is 4.44. The van der Waals surface area contributed by atoms with Crippen LogP contribution in [0.3, 0.4) is 0 Å². The van der Waals surface area contributed by atoms with E-state index in [0.29, 0.717) is 12.8 Å². The fourth-order valence-electron chi connectivity index (χ4n) is 4.65. The molecule has 0 aliphatic rings. The first-order valence-electron chi connectivity index (χ1n) is 17.2. The van der Waals surface area contributed by atoms with Gasteiger partial charge in [-0.25, -0.2) is 4.57 Å². The van der Waals surface area contributed by atoms with Gasteiger partial charge in [-0.2, -0.15) is 0 Å². The van der Waals surface area contributed by atoms with E-state index in [1.165, 1.54) is 57.8 Å². The Morgan fingerprint density at radius 3 is 1.48 bits per heavy atom. The number of esters is 2. The molecular formula is C33H65O10P. The van der Waals surface area contributed by atoms with Crippen LogP contribution in [0.15, 0.2) is 0 Å². The van der Waals surface area contributed by atoms with Crippen LogP contribution in [-0.2, 0) is 32.7 Å². The summed E-state index contributed by atoms with van der Waals surface area (Å²) in [6.07, 6.45) is 16.9. The zero-order chi connectivity index (χ0) is 33.1. The normalized spacial score (nSPS) is 14.5. The largest absolute Gasteiger partial charge is 0.472 e. The molecule has 10 nitrogen and oxygen atoms in total. The van der Waals surface area contributed by atoms with E-state index in [9.17, 15) is 24.2 Å². The third-order valence-electron chi connectivity index (χ3n) is 7.37. The van der Waals surface area contributed by atoms with E-state index in [0.717, 1.165) is 50.4 Å². The molecule has 0 bridgehead atoms. The zero-order valence-corrected chi connectivity index (χ0v) is 29.1. The maximum absolute atomic E-state index is 12.5. The summed E-state index contributed by atoms with van der Waals surface area (Å²) in [5.41, 5.74) is 0. The van der Waals surface area contributed by atoms with Crippen molar-refractivity contribution in [3.05, 3.63) is 0 Å². The smallest absolute Gasteiger partial charge is 0.462 e. The van der Waals surface area contributed by atoms with Crippen LogP contribution >= 0.6 is 7.82 Å². The Bertz CT molecular complexity index is 746. The molecule has 0 heterocycles. The van der Waals surface area contributed by atoms with E-state index in [1.54, 1.807) is 0 Å². The van der Waals surface area contributed by atoms with Crippen molar-refractivity contribution in [1.82, 2.24) is 0 Å². The van der Waals surface area contributed by atoms with Gasteiger partial charge in [-0.3, -0.25) is 18.6 Å². The summed E-state index contributed by atoms with van der Waals surface area (Å²) >= 11 is 0. The van der Waals surface area contributed by atoms with Crippen LogP contribution in [0.2, 0.25) is 0 Å². The van der Waals surface area contributed by atoms with Gasteiger partial charge in [0.25, 0.3) is 0 Å². The zero-order valence-electron chi connectivity index (χ0n) is 28.2. The number of aliphatic hydroxyl groups excluding tert-OH is 2. The molecule has 0 fully saturated rings. The highest BCUT2D eigenvalue weighted by molar-refractivity contribution is 7.47. The molecule has 3 N–H and O–H groups in total. The summed E-state index contributed by atoms with van der Waals surface area (Å²) in [7, 11) is -4.60. The molecule has 0 spiro atoms. The first-order valence-corrected chi connectivity index (χ1v) is 18.7. The fraction of sp³-hybridized carbons (Fsp3) is 0.939. The second-order valence-corrected chi connectivity index (χ2v) is 14.3. The van der Waals surface area contributed by atoms with Crippen molar-refractivity contribution in [3.8, 4) is 0 Å². The van der Waals surface area contributed by atoms with Crippen LogP contribution in [0.25, 0.3) is 0 Å². The Hall–Kier alpha value is -1.03. The minimum Gasteiger partial charge on any atom is -0.462 e. The topological polar surface area (TPSA) is 149 Å². The summed E-state index contributed by atoms with van der Waals surface area (Å²) in [5, 5.41) is 18.2. The molecule has 0 aromatic carbocycles. The average molecular weight is 653 g/mol. The molecular weight excluding hydrogens is 587 g/mol. The lowest BCUT2D eigenvalue weighted by molar-refractivity contribution is -0.161. The lowest BCUT2D eigenvalue weighted by Crippen LogP contribution is -2.29. The standard InChI is InChI=1S/C33H65O10P/c1-28(2)20-16-12-8-5-6-10-15-19-23-33(37)43-31(27-42-44(38,39)41-25-30(35)24-34)26-40-32(36)22-18-14-11-7-9-13-17-21-29(3)4/h28-31,34-35H,5-27H2,1-4H3,(H,38,39)/t30-,31+/m0/s1. The predicted octanol–water partition coefficient (Wildman–Crippen LogP) is 7.65. The number of carbonyl (C=O) groups excluding carboxylic acids is 2. The monoisotopic (exact) mass is 652 g/mol. The van der Waals surface area contributed by atoms with Gasteiger partial charge in [0.05, 0.1) is 19.8 Å². The number of carbonyl (C=O) groups is 2. The van der Waals surface area contributed by atoms with Crippen LogP contribution in [-0.4, -0.2) is 65.7 Å². The second kappa shape index (κ2) is 28.2. The van der Waals surface area contributed by atoms with Gasteiger partial charge in [-0.15, -0.1) is 0 Å². The van der Waals surface area contributed by atoms with Gasteiger partial charge in [-0.05, 0) is 24.7 Å². The molecule has 0 rings (SSSR count). The van der Waals surface area contributed by atoms with Crippen molar-refractivity contribution in [2.24, 2.45) is 11.8 Å². The van der Waals surface area contributed by atoms with Crippen LogP contribution < -0.4 is 0 Å². The van der Waals surface area contributed by atoms with Crippen molar-refractivity contribution < 1.29 is 47.8 Å². The second-order valence-electron chi connectivity index (χ2n) is 12.9. The number of phosphoric acid groups is 1. The number of phosphoric ester groups is 1. The van der Waals surface area contributed by atoms with Crippen LogP contribution in [0.1, 0.15) is 150 Å². The Morgan fingerprint density at radius 1 is 0.614 bits per heavy atom. The summed E-state index contributed by atoms with van der Waals surface area (Å²) in [6.45, 7) is 6.88. The van der Waals surface area contributed by atoms with Gasteiger partial charge in [-0.1, -0.05) is 124 Å². The summed E-state index contributed by atoms with van der Waals surface area (Å²) in [5.74, 6) is 0.578. The van der Waals surface area contributed by atoms with Gasteiger partial charge in [0.1, 0.15) is 12.7 Å². The number of hydrogen-bond donors (Lipinski definition) is 3. The number of hydrogen-bond acceptors (Lipinski definition) is 9. The third kappa shape index (κ3) is 29.7. The molecule has 0 aromatic heterocycles. The van der Waals surface area contributed by atoms with Gasteiger partial charge in [0.15, 0.2) is 6.10 Å². The summed E-state index contributed by atoms with van der Waals surface area (Å²) in [4.78, 5) is 34.6. The maximum Gasteiger partial charge on any atom is 0.472 e. The molecule has 1 unspecified atom stereocenters. The lowest BCUT2D eigenvalue weighted by atomic mass is 10.0. The van der Waals surface area contributed by atoms with E-state index in [4.69, 9.17) is 19.1 Å². The Kier molecular flexibility index (Phi) is 27.6. The molecule has 0 aliphatic carbocycles. The quantitative estimate of drug-likeness (QED) is 0.0387. The lowest BCUT2D eigenvalue weighted by Gasteiger charge is -2.20. The van der Waals surface area contributed by atoms with Gasteiger partial charge >= 0.3 is 19.8 Å². The van der Waals surface area contributed by atoms with Crippen molar-refractivity contribution in [2.45, 2.75) is 162 Å². The summed E-state index contributed by atoms with van der Waals surface area (Å²) < 4.78 is 32.4. The molecule has 262 valence electrons. The molecule has 0 saturated carbocycles. The molecule has 0 radical (unpaired) electrons. The Morgan fingerprint density at radius 2 is 1.02 bits per heavy atom. The highest BCUT2D eigenvalue weighted by Crippen LogP contribution is 2.43. The van der Waals surface area contributed by atoms with E-state index in [-0.39, 0.29) is 19.4 Å². The van der Waals surface area contributed by atoms with Gasteiger partial charge in [0, 0.05) is 12.8 Å². The highest BCUT2D eigenvalue weighted by Gasteiger charge is 2.27. The average Bonchev–Trinajstić information content (AvgIpc) is 2.97. The van der Waals surface area contributed by atoms with Crippen LogP contribution in [0.4, 0.5) is 0 Å². The van der Waals surface area contributed by atoms with Gasteiger partial charge < -0.3 is 24.6 Å². The molecule has 3 atom stereocenters. The molecule has 0 aliphatic heterocycles.